The fraction of sp³-hybridized carbons (Fsp3) is 0.462. The monoisotopic (exact) mass is 252 g/mol. The molecule has 3 nitrogen and oxygen atoms in total. The Morgan fingerprint density at radius 2 is 2.12 bits per heavy atom. The smallest absolute Gasteiger partial charge is 0.0919 e. The van der Waals surface area contributed by atoms with E-state index in [-0.39, 0.29) is 11.1 Å². The Morgan fingerprint density at radius 3 is 2.71 bits per heavy atom. The molecule has 0 amide bonds. The third-order valence-corrected chi connectivity index (χ3v) is 3.75. The van der Waals surface area contributed by atoms with Crippen molar-refractivity contribution < 1.29 is 4.74 Å². The van der Waals surface area contributed by atoms with Crippen molar-refractivity contribution in [2.24, 2.45) is 5.73 Å². The van der Waals surface area contributed by atoms with E-state index in [1.807, 2.05) is 30.0 Å². The normalized spacial score (nSPS) is 12.3. The molecule has 1 aromatic carbocycles. The van der Waals surface area contributed by atoms with Crippen molar-refractivity contribution in [3.05, 3.63) is 35.9 Å². The fourth-order valence-corrected chi connectivity index (χ4v) is 2.79. The molecule has 4 heteroatoms. The molecule has 0 aliphatic rings. The van der Waals surface area contributed by atoms with Crippen LogP contribution in [0, 0.1) is 5.41 Å². The molecule has 0 bridgehead atoms. The average molecular weight is 252 g/mol. The minimum absolute atomic E-state index is 0.248. The van der Waals surface area contributed by atoms with Gasteiger partial charge in [0.2, 0.25) is 0 Å². The molecule has 0 saturated carbocycles. The Kier molecular flexibility index (Phi) is 6.74. The molecule has 0 saturated heterocycles. The van der Waals surface area contributed by atoms with E-state index in [1.54, 1.807) is 7.11 Å². The standard InChI is InChI=1S/C13H20N2OS/c1-16-8-5-9-17-12(10-13(14)15)11-6-3-2-4-7-11/h2-4,6-7,12H,5,8-10H2,1H3,(H3,14,15). The molecule has 0 radical (unpaired) electrons. The molecule has 1 rings (SSSR count). The Bertz CT molecular complexity index is 329. The lowest BCUT2D eigenvalue weighted by molar-refractivity contribution is 0.200. The van der Waals surface area contributed by atoms with Crippen molar-refractivity contribution in [2.75, 3.05) is 19.5 Å². The Morgan fingerprint density at radius 1 is 1.41 bits per heavy atom. The molecular weight excluding hydrogens is 232 g/mol. The van der Waals surface area contributed by atoms with E-state index in [1.165, 1.54) is 5.56 Å². The van der Waals surface area contributed by atoms with E-state index in [4.69, 9.17) is 15.9 Å². The summed E-state index contributed by atoms with van der Waals surface area (Å²) in [6.07, 6.45) is 1.64. The Balaban J connectivity index is 2.52. The molecule has 0 spiro atoms. The van der Waals surface area contributed by atoms with Crippen LogP contribution in [-0.2, 0) is 4.74 Å². The summed E-state index contributed by atoms with van der Waals surface area (Å²) in [4.78, 5) is 0. The first-order valence-corrected chi connectivity index (χ1v) is 6.77. The molecule has 3 N–H and O–H groups in total. The summed E-state index contributed by atoms with van der Waals surface area (Å²) in [6.45, 7) is 0.786. The van der Waals surface area contributed by atoms with Crippen LogP contribution in [0.5, 0.6) is 0 Å². The highest BCUT2D eigenvalue weighted by molar-refractivity contribution is 7.99. The SMILES string of the molecule is COCCCSC(CC(=N)N)c1ccccc1. The van der Waals surface area contributed by atoms with E-state index in [0.29, 0.717) is 6.42 Å². The van der Waals surface area contributed by atoms with E-state index in [2.05, 4.69) is 12.1 Å². The fourth-order valence-electron chi connectivity index (χ4n) is 1.57. The van der Waals surface area contributed by atoms with Crippen LogP contribution in [0.15, 0.2) is 30.3 Å². The molecule has 17 heavy (non-hydrogen) atoms. The molecule has 1 aromatic rings. The number of hydrogen-bond donors (Lipinski definition) is 2. The van der Waals surface area contributed by atoms with Crippen molar-refractivity contribution in [1.29, 1.82) is 5.41 Å². The van der Waals surface area contributed by atoms with Gasteiger partial charge in [0.25, 0.3) is 0 Å². The largest absolute Gasteiger partial charge is 0.388 e. The Hall–Kier alpha value is -1.00. The first-order valence-electron chi connectivity index (χ1n) is 5.72. The van der Waals surface area contributed by atoms with Crippen molar-refractivity contribution in [2.45, 2.75) is 18.1 Å². The summed E-state index contributed by atoms with van der Waals surface area (Å²) in [5, 5.41) is 7.71. The van der Waals surface area contributed by atoms with Gasteiger partial charge in [-0.3, -0.25) is 5.41 Å². The highest BCUT2D eigenvalue weighted by Gasteiger charge is 2.12. The van der Waals surface area contributed by atoms with Gasteiger partial charge in [-0.25, -0.2) is 0 Å². The number of benzene rings is 1. The second-order valence-corrected chi connectivity index (χ2v) is 5.16. The summed E-state index contributed by atoms with van der Waals surface area (Å²) in [6, 6.07) is 10.2. The van der Waals surface area contributed by atoms with Gasteiger partial charge in [0, 0.05) is 25.4 Å². The highest BCUT2D eigenvalue weighted by Crippen LogP contribution is 2.32. The van der Waals surface area contributed by atoms with Gasteiger partial charge in [0.05, 0.1) is 5.84 Å². The first kappa shape index (κ1) is 14.1. The average Bonchev–Trinajstić information content (AvgIpc) is 2.34. The quantitative estimate of drug-likeness (QED) is 0.425. The number of methoxy groups -OCH3 is 1. The van der Waals surface area contributed by atoms with E-state index >= 15 is 0 Å². The van der Waals surface area contributed by atoms with E-state index < -0.39 is 0 Å². The molecule has 0 aliphatic carbocycles. The predicted molar refractivity (Wildman–Crippen MR) is 74.7 cm³/mol. The van der Waals surface area contributed by atoms with Crippen molar-refractivity contribution >= 4 is 17.6 Å². The lowest BCUT2D eigenvalue weighted by Crippen LogP contribution is -2.13. The summed E-state index contributed by atoms with van der Waals surface area (Å²) < 4.78 is 5.03. The van der Waals surface area contributed by atoms with Crippen LogP contribution >= 0.6 is 11.8 Å². The van der Waals surface area contributed by atoms with Crippen LogP contribution in [-0.4, -0.2) is 25.3 Å². The topological polar surface area (TPSA) is 59.1 Å². The zero-order valence-electron chi connectivity index (χ0n) is 10.2. The maximum Gasteiger partial charge on any atom is 0.0919 e. The number of nitrogens with two attached hydrogens (primary N) is 1. The van der Waals surface area contributed by atoms with Gasteiger partial charge >= 0.3 is 0 Å². The van der Waals surface area contributed by atoms with E-state index in [0.717, 1.165) is 18.8 Å². The van der Waals surface area contributed by atoms with Crippen LogP contribution in [0.3, 0.4) is 0 Å². The van der Waals surface area contributed by atoms with E-state index in [9.17, 15) is 0 Å². The maximum atomic E-state index is 7.43. The number of nitrogens with one attached hydrogen (secondary N) is 1. The maximum absolute atomic E-state index is 7.43. The second-order valence-electron chi connectivity index (χ2n) is 3.85. The Labute approximate surface area is 107 Å². The molecular formula is C13H20N2OS. The zero-order chi connectivity index (χ0) is 12.5. The molecule has 0 aliphatic heterocycles. The summed E-state index contributed by atoms with van der Waals surface area (Å²) >= 11 is 1.84. The van der Waals surface area contributed by atoms with Gasteiger partial charge in [-0.05, 0) is 17.7 Å². The third-order valence-electron chi connectivity index (χ3n) is 2.39. The van der Waals surface area contributed by atoms with Gasteiger partial charge < -0.3 is 10.5 Å². The summed E-state index contributed by atoms with van der Waals surface area (Å²) in [5.74, 6) is 1.28. The van der Waals surface area contributed by atoms with Crippen LogP contribution in [0.2, 0.25) is 0 Å². The van der Waals surface area contributed by atoms with Crippen LogP contribution in [0.4, 0.5) is 0 Å². The second kappa shape index (κ2) is 8.14. The van der Waals surface area contributed by atoms with Gasteiger partial charge in [-0.15, -0.1) is 0 Å². The highest BCUT2D eigenvalue weighted by atomic mass is 32.2. The minimum Gasteiger partial charge on any atom is -0.388 e. The predicted octanol–water partition coefficient (Wildman–Crippen LogP) is 2.82. The number of ether oxygens (including phenoxy) is 1. The first-order chi connectivity index (χ1) is 8.24. The van der Waals surface area contributed by atoms with Crippen LogP contribution in [0.25, 0.3) is 0 Å². The molecule has 0 fully saturated rings. The molecule has 1 atom stereocenters. The van der Waals surface area contributed by atoms with Crippen LogP contribution < -0.4 is 5.73 Å². The number of hydrogen-bond acceptors (Lipinski definition) is 3. The number of thioether (sulfide) groups is 1. The van der Waals surface area contributed by atoms with Crippen molar-refractivity contribution in [3.63, 3.8) is 0 Å². The molecule has 1 unspecified atom stereocenters. The number of rotatable bonds is 8. The summed E-state index contributed by atoms with van der Waals surface area (Å²) in [5.41, 5.74) is 6.75. The molecule has 0 aromatic heterocycles. The van der Waals surface area contributed by atoms with Gasteiger partial charge in [-0.2, -0.15) is 11.8 Å². The van der Waals surface area contributed by atoms with Crippen molar-refractivity contribution in [3.8, 4) is 0 Å². The van der Waals surface area contributed by atoms with Gasteiger partial charge in [0.1, 0.15) is 0 Å². The van der Waals surface area contributed by atoms with Gasteiger partial charge in [-0.1, -0.05) is 30.3 Å². The summed E-state index contributed by atoms with van der Waals surface area (Å²) in [7, 11) is 1.72. The zero-order valence-corrected chi connectivity index (χ0v) is 11.0. The van der Waals surface area contributed by atoms with Gasteiger partial charge in [0.15, 0.2) is 0 Å². The minimum atomic E-state index is 0.248. The molecule has 0 heterocycles. The third kappa shape index (κ3) is 5.75. The number of amidine groups is 1. The lowest BCUT2D eigenvalue weighted by atomic mass is 10.1. The molecule has 94 valence electrons. The van der Waals surface area contributed by atoms with Crippen LogP contribution in [0.1, 0.15) is 23.7 Å². The van der Waals surface area contributed by atoms with Crippen molar-refractivity contribution in [1.82, 2.24) is 0 Å². The lowest BCUT2D eigenvalue weighted by Gasteiger charge is -2.16.